The van der Waals surface area contributed by atoms with Crippen LogP contribution < -0.4 is 24.4 Å². The maximum absolute atomic E-state index is 13.2. The Morgan fingerprint density at radius 1 is 1.06 bits per heavy atom. The number of piperidine rings is 1. The molecule has 1 aliphatic heterocycles. The van der Waals surface area contributed by atoms with Gasteiger partial charge in [0.25, 0.3) is 0 Å². The van der Waals surface area contributed by atoms with E-state index >= 15 is 0 Å². The highest BCUT2D eigenvalue weighted by Crippen LogP contribution is 2.44. The number of ether oxygens (including phenoxy) is 3. The van der Waals surface area contributed by atoms with E-state index in [1.807, 2.05) is 6.07 Å². The fourth-order valence-electron chi connectivity index (χ4n) is 4.32. The molecule has 0 aliphatic carbocycles. The Labute approximate surface area is 193 Å². The van der Waals surface area contributed by atoms with Crippen LogP contribution in [0.15, 0.2) is 36.4 Å². The summed E-state index contributed by atoms with van der Waals surface area (Å²) < 4.78 is 29.9. The molecule has 0 radical (unpaired) electrons. The number of nitrogens with zero attached hydrogens (tertiary/aromatic N) is 2. The number of benzene rings is 2. The minimum absolute atomic E-state index is 0.250. The summed E-state index contributed by atoms with van der Waals surface area (Å²) in [6.07, 6.45) is 1.32. The van der Waals surface area contributed by atoms with Gasteiger partial charge in [0.1, 0.15) is 11.6 Å². The van der Waals surface area contributed by atoms with E-state index in [-0.39, 0.29) is 11.9 Å². The summed E-state index contributed by atoms with van der Waals surface area (Å²) in [5.41, 5.74) is 2.69. The number of β-amino-alcohol motifs (C(OH)–C–C–N with tert-alkyl or cyclic N) is 1. The number of aliphatic hydroxyl groups excluding tert-OH is 1. The standard InChI is InChI=1S/C25H30FN3O4/c1-31-22-12-21-20(23(32-2)24(22)33-3)11-17(14-27-13-16-6-8-18(26)9-7-16)25(28-21)29-10-4-5-19(30)15-29/h6-9,11-12,19,27,30H,4-5,10,13-15H2,1-3H3. The van der Waals surface area contributed by atoms with Crippen molar-refractivity contribution in [3.05, 3.63) is 53.3 Å². The van der Waals surface area contributed by atoms with Gasteiger partial charge in [-0.05, 0) is 36.6 Å². The lowest BCUT2D eigenvalue weighted by molar-refractivity contribution is 0.154. The predicted molar refractivity (Wildman–Crippen MR) is 126 cm³/mol. The SMILES string of the molecule is COc1cc2nc(N3CCCC(O)C3)c(CNCc3ccc(F)cc3)cc2c(OC)c1OC. The van der Waals surface area contributed by atoms with Gasteiger partial charge >= 0.3 is 0 Å². The quantitative estimate of drug-likeness (QED) is 0.537. The molecule has 33 heavy (non-hydrogen) atoms. The third kappa shape index (κ3) is 4.96. The molecule has 0 saturated carbocycles. The zero-order chi connectivity index (χ0) is 23.4. The number of methoxy groups -OCH3 is 3. The van der Waals surface area contributed by atoms with Gasteiger partial charge in [0, 0.05) is 43.2 Å². The van der Waals surface area contributed by atoms with Crippen molar-refractivity contribution in [2.75, 3.05) is 39.3 Å². The van der Waals surface area contributed by atoms with Gasteiger partial charge in [0.05, 0.1) is 33.0 Å². The molecule has 7 nitrogen and oxygen atoms in total. The Morgan fingerprint density at radius 3 is 2.48 bits per heavy atom. The van der Waals surface area contributed by atoms with Crippen molar-refractivity contribution in [3.63, 3.8) is 0 Å². The smallest absolute Gasteiger partial charge is 0.204 e. The maximum Gasteiger partial charge on any atom is 0.204 e. The molecule has 1 aromatic heterocycles. The van der Waals surface area contributed by atoms with Crippen LogP contribution in [0.25, 0.3) is 10.9 Å². The molecule has 0 spiro atoms. The van der Waals surface area contributed by atoms with Gasteiger partial charge in [-0.25, -0.2) is 9.37 Å². The third-order valence-corrected chi connectivity index (χ3v) is 5.93. The molecule has 8 heteroatoms. The topological polar surface area (TPSA) is 76.1 Å². The second kappa shape index (κ2) is 10.2. The average molecular weight is 456 g/mol. The van der Waals surface area contributed by atoms with Crippen LogP contribution in [0.1, 0.15) is 24.0 Å². The Balaban J connectivity index is 1.73. The first-order valence-corrected chi connectivity index (χ1v) is 11.0. The normalized spacial score (nSPS) is 16.2. The zero-order valence-corrected chi connectivity index (χ0v) is 19.2. The third-order valence-electron chi connectivity index (χ3n) is 5.93. The Kier molecular flexibility index (Phi) is 7.15. The average Bonchev–Trinajstić information content (AvgIpc) is 2.83. The van der Waals surface area contributed by atoms with Crippen molar-refractivity contribution < 1.29 is 23.7 Å². The molecule has 2 N–H and O–H groups in total. The van der Waals surface area contributed by atoms with E-state index < -0.39 is 0 Å². The summed E-state index contributed by atoms with van der Waals surface area (Å²) >= 11 is 0. The van der Waals surface area contributed by atoms with Gasteiger partial charge in [-0.1, -0.05) is 12.1 Å². The number of nitrogens with one attached hydrogen (secondary N) is 1. The van der Waals surface area contributed by atoms with Crippen LogP contribution in [0.5, 0.6) is 17.2 Å². The zero-order valence-electron chi connectivity index (χ0n) is 19.2. The predicted octanol–water partition coefficient (Wildman–Crippen LogP) is 3.65. The minimum Gasteiger partial charge on any atom is -0.493 e. The van der Waals surface area contributed by atoms with Crippen LogP contribution in [0.3, 0.4) is 0 Å². The van der Waals surface area contributed by atoms with Crippen molar-refractivity contribution in [1.82, 2.24) is 10.3 Å². The van der Waals surface area contributed by atoms with Crippen LogP contribution in [0.2, 0.25) is 0 Å². The van der Waals surface area contributed by atoms with Crippen molar-refractivity contribution >= 4 is 16.7 Å². The van der Waals surface area contributed by atoms with E-state index in [4.69, 9.17) is 19.2 Å². The van der Waals surface area contributed by atoms with Gasteiger partial charge in [-0.2, -0.15) is 0 Å². The van der Waals surface area contributed by atoms with Crippen LogP contribution >= 0.6 is 0 Å². The number of pyridine rings is 1. The summed E-state index contributed by atoms with van der Waals surface area (Å²) in [5.74, 6) is 2.19. The second-order valence-electron chi connectivity index (χ2n) is 8.16. The van der Waals surface area contributed by atoms with Crippen LogP contribution in [-0.2, 0) is 13.1 Å². The highest BCUT2D eigenvalue weighted by atomic mass is 19.1. The number of halogens is 1. The Bertz CT molecular complexity index is 1110. The fourth-order valence-corrected chi connectivity index (χ4v) is 4.32. The molecular weight excluding hydrogens is 425 g/mol. The van der Waals surface area contributed by atoms with Gasteiger partial charge < -0.3 is 29.5 Å². The summed E-state index contributed by atoms with van der Waals surface area (Å²) in [6.45, 7) is 2.49. The second-order valence-corrected chi connectivity index (χ2v) is 8.16. The maximum atomic E-state index is 13.2. The molecule has 1 fully saturated rings. The Morgan fingerprint density at radius 2 is 1.82 bits per heavy atom. The number of hydrogen-bond acceptors (Lipinski definition) is 7. The van der Waals surface area contributed by atoms with Gasteiger partial charge in [0.2, 0.25) is 5.75 Å². The minimum atomic E-state index is -0.379. The summed E-state index contributed by atoms with van der Waals surface area (Å²) in [7, 11) is 4.76. The molecule has 1 saturated heterocycles. The Hall–Kier alpha value is -3.10. The van der Waals surface area contributed by atoms with Crippen molar-refractivity contribution in [2.45, 2.75) is 32.0 Å². The summed E-state index contributed by atoms with van der Waals surface area (Å²) in [6, 6.07) is 10.3. The molecule has 0 amide bonds. The molecule has 3 aromatic rings. The lowest BCUT2D eigenvalue weighted by Crippen LogP contribution is -2.39. The number of fused-ring (bicyclic) bond motifs is 1. The van der Waals surface area contributed by atoms with Crippen molar-refractivity contribution in [3.8, 4) is 17.2 Å². The van der Waals surface area contributed by atoms with E-state index in [2.05, 4.69) is 16.3 Å². The fraction of sp³-hybridized carbons (Fsp3) is 0.400. The summed E-state index contributed by atoms with van der Waals surface area (Å²) in [5, 5.41) is 14.5. The molecule has 4 rings (SSSR count). The largest absolute Gasteiger partial charge is 0.493 e. The molecule has 2 aromatic carbocycles. The first kappa shape index (κ1) is 23.1. The number of anilines is 1. The van der Waals surface area contributed by atoms with Crippen molar-refractivity contribution in [1.29, 1.82) is 0 Å². The number of aliphatic hydroxyl groups is 1. The first-order chi connectivity index (χ1) is 16.0. The van der Waals surface area contributed by atoms with Crippen LogP contribution in [-0.4, -0.2) is 50.6 Å². The lowest BCUT2D eigenvalue weighted by Gasteiger charge is -2.32. The van der Waals surface area contributed by atoms with Crippen molar-refractivity contribution in [2.24, 2.45) is 0 Å². The van der Waals surface area contributed by atoms with Gasteiger partial charge in [-0.15, -0.1) is 0 Å². The molecule has 1 atom stereocenters. The highest BCUT2D eigenvalue weighted by molar-refractivity contribution is 5.92. The van der Waals surface area contributed by atoms with E-state index in [0.717, 1.165) is 47.2 Å². The van der Waals surface area contributed by atoms with Gasteiger partial charge in [-0.3, -0.25) is 0 Å². The molecule has 0 bridgehead atoms. The molecule has 176 valence electrons. The van der Waals surface area contributed by atoms with E-state index in [1.165, 1.54) is 12.1 Å². The van der Waals surface area contributed by atoms with E-state index in [9.17, 15) is 9.50 Å². The molecule has 2 heterocycles. The number of rotatable bonds is 8. The first-order valence-electron chi connectivity index (χ1n) is 11.0. The van der Waals surface area contributed by atoms with Crippen LogP contribution in [0, 0.1) is 5.82 Å². The van der Waals surface area contributed by atoms with Crippen LogP contribution in [0.4, 0.5) is 10.2 Å². The highest BCUT2D eigenvalue weighted by Gasteiger charge is 2.24. The molecule has 1 unspecified atom stereocenters. The summed E-state index contributed by atoms with van der Waals surface area (Å²) in [4.78, 5) is 7.10. The van der Waals surface area contributed by atoms with E-state index in [1.54, 1.807) is 33.5 Å². The molecule has 1 aliphatic rings. The molecular formula is C25H30FN3O4. The number of aromatic nitrogens is 1. The van der Waals surface area contributed by atoms with E-state index in [0.29, 0.717) is 36.9 Å². The van der Waals surface area contributed by atoms with Gasteiger partial charge in [0.15, 0.2) is 11.5 Å². The number of hydrogen-bond donors (Lipinski definition) is 2. The lowest BCUT2D eigenvalue weighted by atomic mass is 10.1. The monoisotopic (exact) mass is 455 g/mol.